The van der Waals surface area contributed by atoms with Crippen molar-refractivity contribution in [2.24, 2.45) is 5.41 Å². The highest BCUT2D eigenvalue weighted by molar-refractivity contribution is 5.05. The number of ether oxygens (including phenoxy) is 6. The molecular weight excluding hydrogens is 1010 g/mol. The second-order valence-corrected chi connectivity index (χ2v) is 21.0. The molecule has 0 aliphatic carbocycles. The Kier molecular flexibility index (Phi) is 21.9. The first kappa shape index (κ1) is 65.5. The first-order valence-corrected chi connectivity index (χ1v) is 22.8. The van der Waals surface area contributed by atoms with Gasteiger partial charge in [0.2, 0.25) is 0 Å². The van der Waals surface area contributed by atoms with E-state index in [1.54, 1.807) is 55.4 Å². The number of halogens is 18. The molecule has 0 bridgehead atoms. The molecule has 0 atom stereocenters. The Morgan fingerprint density at radius 3 is 0.817 bits per heavy atom. The summed E-state index contributed by atoms with van der Waals surface area (Å²) < 4.78 is 281. The largest absolute Gasteiger partial charge is 0.435 e. The minimum Gasteiger partial charge on any atom is -0.381 e. The van der Waals surface area contributed by atoms with Crippen molar-refractivity contribution >= 4 is 0 Å². The molecule has 0 aromatic carbocycles. The van der Waals surface area contributed by atoms with Crippen molar-refractivity contribution in [3.05, 3.63) is 0 Å². The number of hydrogen-bond donors (Lipinski definition) is 2. The van der Waals surface area contributed by atoms with E-state index in [4.69, 9.17) is 18.9 Å². The Hall–Kier alpha value is -1.66. The molecule has 0 saturated carbocycles. The Balaban J connectivity index is 2.36. The summed E-state index contributed by atoms with van der Waals surface area (Å²) in [5.41, 5.74) is -20.5. The lowest BCUT2D eigenvalue weighted by molar-refractivity contribution is -0.468. The first-order valence-electron chi connectivity index (χ1n) is 22.8. The van der Waals surface area contributed by atoms with E-state index in [0.717, 1.165) is 0 Å². The molecule has 0 unspecified atom stereocenters. The zero-order valence-electron chi connectivity index (χ0n) is 40.8. The molecule has 10 nitrogen and oxygen atoms in total. The van der Waals surface area contributed by atoms with Gasteiger partial charge in [-0.05, 0) is 107 Å². The molecule has 71 heavy (non-hydrogen) atoms. The number of rotatable bonds is 26. The molecule has 2 rings (SSSR count). The van der Waals surface area contributed by atoms with Crippen LogP contribution >= 0.6 is 0 Å². The molecular formula is C43H68F18N2O8. The summed E-state index contributed by atoms with van der Waals surface area (Å²) in [4.78, 5) is 0. The van der Waals surface area contributed by atoms with Crippen molar-refractivity contribution in [1.29, 1.82) is 0 Å². The fourth-order valence-electron chi connectivity index (χ4n) is 9.22. The van der Waals surface area contributed by atoms with Gasteiger partial charge in [-0.1, -0.05) is 25.7 Å². The number of hydroxylamine groups is 4. The van der Waals surface area contributed by atoms with E-state index in [-0.39, 0.29) is 51.1 Å². The van der Waals surface area contributed by atoms with Crippen molar-refractivity contribution in [1.82, 2.24) is 10.1 Å². The molecule has 0 amide bonds. The molecule has 0 spiro atoms. The van der Waals surface area contributed by atoms with Gasteiger partial charge in [-0.2, -0.15) is 89.2 Å². The molecule has 0 radical (unpaired) electrons. The van der Waals surface area contributed by atoms with Crippen LogP contribution in [0.3, 0.4) is 0 Å². The molecule has 2 aliphatic heterocycles. The van der Waals surface area contributed by atoms with E-state index >= 15 is 0 Å². The summed E-state index contributed by atoms with van der Waals surface area (Å²) in [6.45, 7) is 4.29. The van der Waals surface area contributed by atoms with Gasteiger partial charge in [-0.3, -0.25) is 0 Å². The van der Waals surface area contributed by atoms with Crippen LogP contribution in [0.25, 0.3) is 0 Å². The van der Waals surface area contributed by atoms with E-state index in [2.05, 4.69) is 9.47 Å². The van der Waals surface area contributed by atoms with Crippen LogP contribution in [0.5, 0.6) is 0 Å². The third-order valence-corrected chi connectivity index (χ3v) is 12.7. The van der Waals surface area contributed by atoms with Crippen molar-refractivity contribution in [3.8, 4) is 0 Å². The number of unbranched alkanes of at least 4 members (excludes halogenated alkanes) is 6. The fourth-order valence-corrected chi connectivity index (χ4v) is 9.22. The Labute approximate surface area is 401 Å². The van der Waals surface area contributed by atoms with Gasteiger partial charge in [0, 0.05) is 48.6 Å². The summed E-state index contributed by atoms with van der Waals surface area (Å²) in [5, 5.41) is 23.4. The summed E-state index contributed by atoms with van der Waals surface area (Å²) >= 11 is 0. The lowest BCUT2D eigenvalue weighted by Gasteiger charge is -2.51. The first-order chi connectivity index (χ1) is 31.8. The lowest BCUT2D eigenvalue weighted by Crippen LogP contribution is -2.70. The topological polar surface area (TPSA) is 102 Å². The van der Waals surface area contributed by atoms with Crippen LogP contribution in [-0.2, 0) is 28.4 Å². The highest BCUT2D eigenvalue weighted by Gasteiger charge is 2.87. The summed E-state index contributed by atoms with van der Waals surface area (Å²) in [6.07, 6.45) is -42.1. The average Bonchev–Trinajstić information content (AvgIpc) is 3.14. The Morgan fingerprint density at radius 1 is 0.366 bits per heavy atom. The average molecular weight is 1080 g/mol. The smallest absolute Gasteiger partial charge is 0.381 e. The second-order valence-electron chi connectivity index (χ2n) is 21.0. The standard InChI is InChI=1S/C43H68F18N2O8/c1-31(2)21-29(22-32(3,4)62(31)64)68-19-15-11-9-13-17-66-25-35(27-70-36(38(44,45)46,39(47,48)49)40(50,51)52,28-71-37(41(53,54)55,42(56,57)58)43(59,60)61)26-67-18-14-10-12-16-20-69-30-23-33(5,6)63(65)34(7,8)24-30/h29-30,64-65H,9-28H2,1-8H3. The predicted molar refractivity (Wildman–Crippen MR) is 216 cm³/mol. The van der Waals surface area contributed by atoms with Crippen LogP contribution in [0.4, 0.5) is 79.0 Å². The zero-order chi connectivity index (χ0) is 55.2. The van der Waals surface area contributed by atoms with Gasteiger partial charge in [0.05, 0.1) is 44.1 Å². The predicted octanol–water partition coefficient (Wildman–Crippen LogP) is 12.9. The number of hydrogen-bond acceptors (Lipinski definition) is 10. The van der Waals surface area contributed by atoms with Crippen molar-refractivity contribution < 1.29 is 118 Å². The highest BCUT2D eigenvalue weighted by atomic mass is 19.4. The second kappa shape index (κ2) is 23.7. The molecule has 28 heteroatoms. The van der Waals surface area contributed by atoms with Gasteiger partial charge in [0.25, 0.3) is 0 Å². The molecule has 2 fully saturated rings. The number of nitrogens with zero attached hydrogens (tertiary/aromatic N) is 2. The van der Waals surface area contributed by atoms with E-state index < -0.39 is 115 Å². The maximum absolute atomic E-state index is 14.0. The fraction of sp³-hybridized carbons (Fsp3) is 1.00. The van der Waals surface area contributed by atoms with Gasteiger partial charge < -0.3 is 38.8 Å². The van der Waals surface area contributed by atoms with Gasteiger partial charge in [0.15, 0.2) is 0 Å². The van der Waals surface area contributed by atoms with E-state index in [1.807, 2.05) is 0 Å². The molecule has 2 N–H and O–H groups in total. The lowest BCUT2D eigenvalue weighted by atomic mass is 9.80. The number of piperidine rings is 2. The van der Waals surface area contributed by atoms with Gasteiger partial charge in [-0.25, -0.2) is 0 Å². The molecule has 0 aromatic heterocycles. The van der Waals surface area contributed by atoms with Crippen molar-refractivity contribution in [2.45, 2.75) is 215 Å². The molecule has 0 aromatic rings. The van der Waals surface area contributed by atoms with Gasteiger partial charge in [0.1, 0.15) is 0 Å². The van der Waals surface area contributed by atoms with E-state index in [1.165, 1.54) is 10.1 Å². The zero-order valence-corrected chi connectivity index (χ0v) is 40.8. The number of alkyl halides is 18. The van der Waals surface area contributed by atoms with Crippen LogP contribution in [0, 0.1) is 5.41 Å². The summed E-state index contributed by atoms with van der Waals surface area (Å²) in [5.74, 6) is 0. The van der Waals surface area contributed by atoms with Crippen molar-refractivity contribution in [2.75, 3.05) is 52.9 Å². The molecule has 2 saturated heterocycles. The molecule has 2 aliphatic rings. The van der Waals surface area contributed by atoms with Gasteiger partial charge >= 0.3 is 48.3 Å². The van der Waals surface area contributed by atoms with Crippen molar-refractivity contribution in [3.63, 3.8) is 0 Å². The maximum atomic E-state index is 14.0. The molecule has 2 heterocycles. The molecule has 424 valence electrons. The third kappa shape index (κ3) is 16.2. The Bertz CT molecular complexity index is 1390. The van der Waals surface area contributed by atoms with Gasteiger partial charge in [-0.15, -0.1) is 0 Å². The normalized spacial score (nSPS) is 20.8. The summed E-state index contributed by atoms with van der Waals surface area (Å²) in [7, 11) is 0. The monoisotopic (exact) mass is 1080 g/mol. The minimum absolute atomic E-state index is 0.114. The third-order valence-electron chi connectivity index (χ3n) is 12.7. The van der Waals surface area contributed by atoms with Crippen LogP contribution in [0.15, 0.2) is 0 Å². The SMILES string of the molecule is CC1(C)CC(OCCCCCCOCC(COCCCCCCOC2CC(C)(C)N(O)C(C)(C)C2)(COC(C(F)(F)F)(C(F)(F)F)C(F)(F)F)COC(C(F)(F)F)(C(F)(F)F)C(F)(F)F)CC(C)(C)N1O. The van der Waals surface area contributed by atoms with Crippen LogP contribution in [-0.4, -0.2) is 156 Å². The summed E-state index contributed by atoms with van der Waals surface area (Å²) in [6, 6.07) is 0. The quantitative estimate of drug-likeness (QED) is 0.0643. The van der Waals surface area contributed by atoms with E-state index in [0.29, 0.717) is 51.4 Å². The highest BCUT2D eigenvalue weighted by Crippen LogP contribution is 2.57. The van der Waals surface area contributed by atoms with Crippen LogP contribution < -0.4 is 0 Å². The Morgan fingerprint density at radius 2 is 0.592 bits per heavy atom. The van der Waals surface area contributed by atoms with Crippen LogP contribution in [0.2, 0.25) is 0 Å². The van der Waals surface area contributed by atoms with Crippen LogP contribution in [0.1, 0.15) is 132 Å². The van der Waals surface area contributed by atoms with E-state index in [9.17, 15) is 89.4 Å². The maximum Gasteiger partial charge on any atom is 0.435 e. The minimum atomic E-state index is -7.48.